The molecule has 0 aliphatic heterocycles. The van der Waals surface area contributed by atoms with Gasteiger partial charge in [0.25, 0.3) is 0 Å². The van der Waals surface area contributed by atoms with Gasteiger partial charge in [-0.05, 0) is 57.7 Å². The molecule has 0 aromatic heterocycles. The molecule has 2 N–H and O–H groups in total. The molecule has 0 saturated carbocycles. The average Bonchev–Trinajstić information content (AvgIpc) is 2.20. The minimum atomic E-state index is -0.281. The van der Waals surface area contributed by atoms with Crippen molar-refractivity contribution < 1.29 is 9.13 Å². The van der Waals surface area contributed by atoms with Crippen LogP contribution in [-0.2, 0) is 6.42 Å². The van der Waals surface area contributed by atoms with Crippen molar-refractivity contribution in [2.75, 3.05) is 6.61 Å². The van der Waals surface area contributed by atoms with Crippen LogP contribution in [0.3, 0.4) is 0 Å². The number of hydrogen-bond acceptors (Lipinski definition) is 2. The van der Waals surface area contributed by atoms with Gasteiger partial charge in [-0.2, -0.15) is 0 Å². The number of hydrogen-bond donors (Lipinski definition) is 1. The van der Waals surface area contributed by atoms with E-state index < -0.39 is 0 Å². The van der Waals surface area contributed by atoms with E-state index in [9.17, 15) is 4.39 Å². The summed E-state index contributed by atoms with van der Waals surface area (Å²) >= 11 is 0. The second-order valence-corrected chi connectivity index (χ2v) is 5.04. The number of rotatable bonds is 6. The summed E-state index contributed by atoms with van der Waals surface area (Å²) in [5.41, 5.74) is 6.75. The quantitative estimate of drug-likeness (QED) is 0.826. The summed E-state index contributed by atoms with van der Waals surface area (Å²) in [5.74, 6) is 0.0479. The van der Waals surface area contributed by atoms with Crippen LogP contribution in [0.5, 0.6) is 5.75 Å². The maximum atomic E-state index is 13.5. The summed E-state index contributed by atoms with van der Waals surface area (Å²) in [5, 5.41) is 0. The minimum absolute atomic E-state index is 0.149. The van der Waals surface area contributed by atoms with Gasteiger partial charge in [0.05, 0.1) is 6.61 Å². The van der Waals surface area contributed by atoms with Crippen LogP contribution in [0.15, 0.2) is 18.2 Å². The van der Waals surface area contributed by atoms with Gasteiger partial charge < -0.3 is 10.5 Å². The third-order valence-corrected chi connectivity index (χ3v) is 2.58. The smallest absolute Gasteiger partial charge is 0.165 e. The van der Waals surface area contributed by atoms with E-state index in [4.69, 9.17) is 10.5 Å². The molecular formula is C14H22FNO. The zero-order valence-electron chi connectivity index (χ0n) is 10.9. The first-order valence-corrected chi connectivity index (χ1v) is 6.12. The van der Waals surface area contributed by atoms with Crippen molar-refractivity contribution in [2.45, 2.75) is 45.6 Å². The zero-order valence-corrected chi connectivity index (χ0v) is 10.9. The summed E-state index contributed by atoms with van der Waals surface area (Å²) in [7, 11) is 0. The first-order chi connectivity index (χ1) is 7.92. The van der Waals surface area contributed by atoms with Crippen LogP contribution in [-0.4, -0.2) is 12.1 Å². The van der Waals surface area contributed by atoms with Crippen molar-refractivity contribution in [3.8, 4) is 5.75 Å². The van der Waals surface area contributed by atoms with Crippen LogP contribution in [0.2, 0.25) is 0 Å². The zero-order chi connectivity index (χ0) is 12.9. The van der Waals surface area contributed by atoms with E-state index >= 15 is 0 Å². The molecule has 1 aromatic carbocycles. The van der Waals surface area contributed by atoms with E-state index in [0.717, 1.165) is 24.8 Å². The average molecular weight is 239 g/mol. The highest BCUT2D eigenvalue weighted by molar-refractivity contribution is 5.29. The van der Waals surface area contributed by atoms with Crippen LogP contribution in [0, 0.1) is 5.82 Å². The number of nitrogens with two attached hydrogens (primary N) is 1. The maximum Gasteiger partial charge on any atom is 0.165 e. The van der Waals surface area contributed by atoms with E-state index in [1.54, 1.807) is 12.1 Å². The summed E-state index contributed by atoms with van der Waals surface area (Å²) in [6.07, 6.45) is 2.75. The third kappa shape index (κ3) is 5.18. The van der Waals surface area contributed by atoms with E-state index in [1.807, 2.05) is 26.8 Å². The lowest BCUT2D eigenvalue weighted by Crippen LogP contribution is -2.31. The Hall–Kier alpha value is -1.09. The van der Waals surface area contributed by atoms with Gasteiger partial charge >= 0.3 is 0 Å². The van der Waals surface area contributed by atoms with E-state index in [-0.39, 0.29) is 11.4 Å². The molecule has 0 radical (unpaired) electrons. The normalized spacial score (nSPS) is 11.6. The Morgan fingerprint density at radius 3 is 2.59 bits per heavy atom. The van der Waals surface area contributed by atoms with Crippen LogP contribution in [0.25, 0.3) is 0 Å². The second-order valence-electron chi connectivity index (χ2n) is 5.04. The van der Waals surface area contributed by atoms with Crippen LogP contribution in [0.4, 0.5) is 4.39 Å². The van der Waals surface area contributed by atoms with E-state index in [1.165, 1.54) is 0 Å². The fourth-order valence-electron chi connectivity index (χ4n) is 1.72. The molecule has 0 heterocycles. The Morgan fingerprint density at radius 2 is 2.06 bits per heavy atom. The summed E-state index contributed by atoms with van der Waals surface area (Å²) in [6.45, 7) is 6.34. The van der Waals surface area contributed by atoms with Crippen LogP contribution < -0.4 is 10.5 Å². The van der Waals surface area contributed by atoms with Crippen molar-refractivity contribution in [2.24, 2.45) is 5.73 Å². The summed E-state index contributed by atoms with van der Waals surface area (Å²) in [4.78, 5) is 0. The SMILES string of the molecule is CCOc1ccc(CCCC(C)(C)N)cc1F. The molecule has 1 rings (SSSR count). The molecule has 0 atom stereocenters. The van der Waals surface area contributed by atoms with Gasteiger partial charge in [0, 0.05) is 5.54 Å². The fraction of sp³-hybridized carbons (Fsp3) is 0.571. The minimum Gasteiger partial charge on any atom is -0.491 e. The molecule has 0 saturated heterocycles. The molecule has 0 fully saturated rings. The largest absolute Gasteiger partial charge is 0.491 e. The predicted molar refractivity (Wildman–Crippen MR) is 68.8 cm³/mol. The molecule has 17 heavy (non-hydrogen) atoms. The molecule has 0 aliphatic carbocycles. The van der Waals surface area contributed by atoms with Gasteiger partial charge in [0.2, 0.25) is 0 Å². The lowest BCUT2D eigenvalue weighted by atomic mass is 9.97. The number of benzene rings is 1. The highest BCUT2D eigenvalue weighted by Gasteiger charge is 2.10. The Labute approximate surface area is 103 Å². The topological polar surface area (TPSA) is 35.2 Å². The number of halogens is 1. The monoisotopic (exact) mass is 239 g/mol. The highest BCUT2D eigenvalue weighted by atomic mass is 19.1. The van der Waals surface area contributed by atoms with Gasteiger partial charge in [0.15, 0.2) is 11.6 Å². The van der Waals surface area contributed by atoms with Gasteiger partial charge in [-0.25, -0.2) is 4.39 Å². The molecule has 3 heteroatoms. The predicted octanol–water partition coefficient (Wildman–Crippen LogP) is 3.28. The number of aryl methyl sites for hydroxylation is 1. The molecule has 0 unspecified atom stereocenters. The molecule has 0 spiro atoms. The lowest BCUT2D eigenvalue weighted by molar-refractivity contribution is 0.321. The maximum absolute atomic E-state index is 13.5. The van der Waals surface area contributed by atoms with Crippen molar-refractivity contribution in [1.82, 2.24) is 0 Å². The van der Waals surface area contributed by atoms with Gasteiger partial charge in [-0.15, -0.1) is 0 Å². The van der Waals surface area contributed by atoms with Crippen molar-refractivity contribution >= 4 is 0 Å². The Bertz CT molecular complexity index is 358. The Kier molecular flexibility index (Phi) is 4.94. The first-order valence-electron chi connectivity index (χ1n) is 6.12. The van der Waals surface area contributed by atoms with Crippen LogP contribution in [0.1, 0.15) is 39.2 Å². The van der Waals surface area contributed by atoms with Crippen molar-refractivity contribution in [3.63, 3.8) is 0 Å². The number of ether oxygens (including phenoxy) is 1. The van der Waals surface area contributed by atoms with Crippen molar-refractivity contribution in [1.29, 1.82) is 0 Å². The Balaban J connectivity index is 2.53. The standard InChI is InChI=1S/C14H22FNO/c1-4-17-13-8-7-11(10-12(13)15)6-5-9-14(2,3)16/h7-8,10H,4-6,9,16H2,1-3H3. The highest BCUT2D eigenvalue weighted by Crippen LogP contribution is 2.20. The second kappa shape index (κ2) is 6.01. The van der Waals surface area contributed by atoms with Crippen LogP contribution >= 0.6 is 0 Å². The molecule has 0 bridgehead atoms. The molecule has 0 amide bonds. The van der Waals surface area contributed by atoms with Gasteiger partial charge in [-0.1, -0.05) is 6.07 Å². The molecule has 0 aliphatic rings. The van der Waals surface area contributed by atoms with Gasteiger partial charge in [-0.3, -0.25) is 0 Å². The first kappa shape index (κ1) is 14.0. The molecule has 96 valence electrons. The fourth-order valence-corrected chi connectivity index (χ4v) is 1.72. The van der Waals surface area contributed by atoms with E-state index in [2.05, 4.69) is 0 Å². The summed E-state index contributed by atoms with van der Waals surface area (Å²) in [6, 6.07) is 5.16. The van der Waals surface area contributed by atoms with E-state index in [0.29, 0.717) is 12.4 Å². The molecule has 1 aromatic rings. The summed E-state index contributed by atoms with van der Waals surface area (Å²) < 4.78 is 18.7. The molecule has 2 nitrogen and oxygen atoms in total. The van der Waals surface area contributed by atoms with Gasteiger partial charge in [0.1, 0.15) is 0 Å². The van der Waals surface area contributed by atoms with Crippen molar-refractivity contribution in [3.05, 3.63) is 29.6 Å². The third-order valence-electron chi connectivity index (χ3n) is 2.58. The Morgan fingerprint density at radius 1 is 1.35 bits per heavy atom. The molecular weight excluding hydrogens is 217 g/mol. The lowest BCUT2D eigenvalue weighted by Gasteiger charge is -2.17.